The fraction of sp³-hybridized carbons (Fsp3) is 0.143. The van der Waals surface area contributed by atoms with E-state index in [2.05, 4.69) is 0 Å². The number of hydrogen-bond donors (Lipinski definition) is 1. The summed E-state index contributed by atoms with van der Waals surface area (Å²) in [7, 11) is -3.91. The Balaban J connectivity index is 2.30. The molecule has 2 aromatic carbocycles. The molecule has 0 aliphatic carbocycles. The lowest BCUT2D eigenvalue weighted by Crippen LogP contribution is -2.14. The van der Waals surface area contributed by atoms with E-state index < -0.39 is 15.8 Å². The maximum Gasteiger partial charge on any atom is 0.241 e. The molecule has 4 nitrogen and oxygen atoms in total. The second kappa shape index (κ2) is 6.01. The van der Waals surface area contributed by atoms with Crippen LogP contribution in [0.25, 0.3) is 0 Å². The molecule has 0 unspecified atom stereocenters. The molecule has 7 heteroatoms. The summed E-state index contributed by atoms with van der Waals surface area (Å²) >= 11 is 5.93. The summed E-state index contributed by atoms with van der Waals surface area (Å²) in [6.45, 7) is 1.67. The Morgan fingerprint density at radius 3 is 2.62 bits per heavy atom. The third kappa shape index (κ3) is 3.93. The van der Waals surface area contributed by atoms with Crippen molar-refractivity contribution in [3.63, 3.8) is 0 Å². The Morgan fingerprint density at radius 1 is 1.24 bits per heavy atom. The molecule has 0 saturated carbocycles. The Hall–Kier alpha value is -1.63. The average Bonchev–Trinajstić information content (AvgIpc) is 2.40. The standard InChI is InChI=1S/C14H13ClFNO3S/c1-9-2-5-13(14(6-9)21(17,18)19)20-8-10-7-11(16)3-4-12(10)15/h2-7H,8H2,1H3,(H2,17,18,19). The molecule has 112 valence electrons. The minimum absolute atomic E-state index is 0.0673. The molecule has 0 atom stereocenters. The first-order valence-electron chi connectivity index (χ1n) is 5.97. The Morgan fingerprint density at radius 2 is 1.95 bits per heavy atom. The summed E-state index contributed by atoms with van der Waals surface area (Å²) < 4.78 is 41.7. The molecule has 0 heterocycles. The van der Waals surface area contributed by atoms with Crippen LogP contribution in [0.3, 0.4) is 0 Å². The highest BCUT2D eigenvalue weighted by atomic mass is 35.5. The topological polar surface area (TPSA) is 69.4 Å². The first-order valence-corrected chi connectivity index (χ1v) is 7.90. The normalized spacial score (nSPS) is 11.4. The summed E-state index contributed by atoms with van der Waals surface area (Å²) in [6, 6.07) is 8.48. The van der Waals surface area contributed by atoms with E-state index in [0.29, 0.717) is 10.6 Å². The van der Waals surface area contributed by atoms with Gasteiger partial charge in [-0.25, -0.2) is 17.9 Å². The maximum atomic E-state index is 13.2. The van der Waals surface area contributed by atoms with Crippen LogP contribution < -0.4 is 9.88 Å². The number of aryl methyl sites for hydroxylation is 1. The molecule has 0 radical (unpaired) electrons. The van der Waals surface area contributed by atoms with Crippen LogP contribution in [-0.2, 0) is 16.6 Å². The SMILES string of the molecule is Cc1ccc(OCc2cc(F)ccc2Cl)c(S(N)(=O)=O)c1. The van der Waals surface area contributed by atoms with Crippen molar-refractivity contribution in [3.05, 3.63) is 58.4 Å². The van der Waals surface area contributed by atoms with E-state index in [0.717, 1.165) is 5.56 Å². The molecule has 0 spiro atoms. The summed E-state index contributed by atoms with van der Waals surface area (Å²) in [5.41, 5.74) is 1.15. The van der Waals surface area contributed by atoms with Gasteiger partial charge in [0.05, 0.1) is 0 Å². The fourth-order valence-electron chi connectivity index (χ4n) is 1.77. The lowest BCUT2D eigenvalue weighted by Gasteiger charge is -2.12. The van der Waals surface area contributed by atoms with Crippen molar-refractivity contribution < 1.29 is 17.5 Å². The van der Waals surface area contributed by atoms with Gasteiger partial charge in [-0.15, -0.1) is 0 Å². The molecule has 0 amide bonds. The monoisotopic (exact) mass is 329 g/mol. The van der Waals surface area contributed by atoms with E-state index in [-0.39, 0.29) is 17.3 Å². The second-order valence-corrected chi connectivity index (χ2v) is 6.46. The van der Waals surface area contributed by atoms with Crippen molar-refractivity contribution >= 4 is 21.6 Å². The maximum absolute atomic E-state index is 13.2. The van der Waals surface area contributed by atoms with Crippen LogP contribution in [-0.4, -0.2) is 8.42 Å². The molecule has 2 N–H and O–H groups in total. The summed E-state index contributed by atoms with van der Waals surface area (Å²) in [4.78, 5) is -0.116. The molecule has 2 aromatic rings. The Labute approximate surface area is 127 Å². The van der Waals surface area contributed by atoms with Crippen LogP contribution in [0, 0.1) is 12.7 Å². The van der Waals surface area contributed by atoms with Gasteiger partial charge in [-0.05, 0) is 42.8 Å². The van der Waals surface area contributed by atoms with Crippen LogP contribution in [0.5, 0.6) is 5.75 Å². The number of benzene rings is 2. The smallest absolute Gasteiger partial charge is 0.241 e. The highest BCUT2D eigenvalue weighted by molar-refractivity contribution is 7.89. The first kappa shape index (κ1) is 15.8. The van der Waals surface area contributed by atoms with E-state index in [1.165, 1.54) is 30.3 Å². The molecule has 0 bridgehead atoms. The average molecular weight is 330 g/mol. The number of nitrogens with two attached hydrogens (primary N) is 1. The van der Waals surface area contributed by atoms with Crippen molar-refractivity contribution in [2.75, 3.05) is 0 Å². The van der Waals surface area contributed by atoms with Crippen molar-refractivity contribution in [2.24, 2.45) is 5.14 Å². The molecule has 2 rings (SSSR count). The third-order valence-corrected chi connectivity index (χ3v) is 4.10. The molecule has 0 aromatic heterocycles. The van der Waals surface area contributed by atoms with E-state index in [1.807, 2.05) is 0 Å². The molecule has 0 fully saturated rings. The van der Waals surface area contributed by atoms with Crippen LogP contribution in [0.15, 0.2) is 41.3 Å². The lowest BCUT2D eigenvalue weighted by molar-refractivity contribution is 0.297. The zero-order chi connectivity index (χ0) is 15.6. The van der Waals surface area contributed by atoms with Gasteiger partial charge >= 0.3 is 0 Å². The number of hydrogen-bond acceptors (Lipinski definition) is 3. The summed E-state index contributed by atoms with van der Waals surface area (Å²) in [5, 5.41) is 5.49. The zero-order valence-electron chi connectivity index (χ0n) is 11.1. The van der Waals surface area contributed by atoms with Gasteiger partial charge in [0.25, 0.3) is 0 Å². The Bertz CT molecular complexity index is 778. The van der Waals surface area contributed by atoms with Gasteiger partial charge in [-0.2, -0.15) is 0 Å². The van der Waals surface area contributed by atoms with Crippen LogP contribution in [0.4, 0.5) is 4.39 Å². The fourth-order valence-corrected chi connectivity index (χ4v) is 2.70. The number of primary sulfonamides is 1. The number of rotatable bonds is 4. The van der Waals surface area contributed by atoms with Gasteiger partial charge in [-0.1, -0.05) is 17.7 Å². The van der Waals surface area contributed by atoms with Gasteiger partial charge < -0.3 is 4.74 Å². The molecular weight excluding hydrogens is 317 g/mol. The van der Waals surface area contributed by atoms with Crippen molar-refractivity contribution in [1.29, 1.82) is 0 Å². The predicted octanol–water partition coefficient (Wildman–Crippen LogP) is 3.01. The van der Waals surface area contributed by atoms with Crippen molar-refractivity contribution in [3.8, 4) is 5.75 Å². The molecule has 0 aliphatic heterocycles. The highest BCUT2D eigenvalue weighted by Crippen LogP contribution is 2.26. The van der Waals surface area contributed by atoms with Crippen LogP contribution in [0.1, 0.15) is 11.1 Å². The number of ether oxygens (including phenoxy) is 1. The molecule has 21 heavy (non-hydrogen) atoms. The number of halogens is 2. The van der Waals surface area contributed by atoms with Gasteiger partial charge in [0.2, 0.25) is 10.0 Å². The van der Waals surface area contributed by atoms with Gasteiger partial charge in [-0.3, -0.25) is 0 Å². The zero-order valence-corrected chi connectivity index (χ0v) is 12.7. The molecule has 0 saturated heterocycles. The van der Waals surface area contributed by atoms with Crippen molar-refractivity contribution in [1.82, 2.24) is 0 Å². The quantitative estimate of drug-likeness (QED) is 0.937. The minimum Gasteiger partial charge on any atom is -0.487 e. The third-order valence-electron chi connectivity index (χ3n) is 2.80. The summed E-state index contributed by atoms with van der Waals surface area (Å²) in [5.74, 6) is -0.350. The Kier molecular flexibility index (Phi) is 4.51. The van der Waals surface area contributed by atoms with Gasteiger partial charge in [0, 0.05) is 10.6 Å². The highest BCUT2D eigenvalue weighted by Gasteiger charge is 2.16. The lowest BCUT2D eigenvalue weighted by atomic mass is 10.2. The number of sulfonamides is 1. The molecule has 0 aliphatic rings. The van der Waals surface area contributed by atoms with E-state index >= 15 is 0 Å². The van der Waals surface area contributed by atoms with E-state index in [9.17, 15) is 12.8 Å². The minimum atomic E-state index is -3.91. The van der Waals surface area contributed by atoms with E-state index in [4.69, 9.17) is 21.5 Å². The molecular formula is C14H13ClFNO3S. The van der Waals surface area contributed by atoms with Gasteiger partial charge in [0.1, 0.15) is 23.1 Å². The second-order valence-electron chi connectivity index (χ2n) is 4.52. The predicted molar refractivity (Wildman–Crippen MR) is 78.3 cm³/mol. The first-order chi connectivity index (χ1) is 9.77. The van der Waals surface area contributed by atoms with Gasteiger partial charge in [0.15, 0.2) is 0 Å². The van der Waals surface area contributed by atoms with Crippen molar-refractivity contribution in [2.45, 2.75) is 18.4 Å². The van der Waals surface area contributed by atoms with Crippen LogP contribution in [0.2, 0.25) is 5.02 Å². The van der Waals surface area contributed by atoms with Crippen LogP contribution >= 0.6 is 11.6 Å². The van der Waals surface area contributed by atoms with E-state index in [1.54, 1.807) is 13.0 Å². The largest absolute Gasteiger partial charge is 0.487 e. The summed E-state index contributed by atoms with van der Waals surface area (Å²) in [6.07, 6.45) is 0.